The summed E-state index contributed by atoms with van der Waals surface area (Å²) in [6.45, 7) is 3.93. The van der Waals surface area contributed by atoms with Gasteiger partial charge in [-0.05, 0) is 37.1 Å². The fourth-order valence-electron chi connectivity index (χ4n) is 2.57. The highest BCUT2D eigenvalue weighted by Crippen LogP contribution is 2.46. The molecule has 3 rings (SSSR count). The first-order valence-corrected chi connectivity index (χ1v) is 8.60. The first-order valence-electron chi connectivity index (χ1n) is 6.80. The highest BCUT2D eigenvalue weighted by Gasteiger charge is 2.37. The number of anilines is 1. The molecule has 1 amide bonds. The van der Waals surface area contributed by atoms with Gasteiger partial charge >= 0.3 is 0 Å². The minimum atomic E-state index is -0.248. The fraction of sp³-hybridized carbons (Fsp3) is 0.250. The highest BCUT2D eigenvalue weighted by atomic mass is 35.5. The third-order valence-electron chi connectivity index (χ3n) is 3.53. The Kier molecular flexibility index (Phi) is 4.35. The van der Waals surface area contributed by atoms with Crippen LogP contribution in [0.1, 0.15) is 22.1 Å². The van der Waals surface area contributed by atoms with E-state index in [4.69, 9.17) is 23.2 Å². The topological polar surface area (TPSA) is 33.2 Å². The van der Waals surface area contributed by atoms with E-state index in [1.165, 1.54) is 11.8 Å². The van der Waals surface area contributed by atoms with E-state index in [1.54, 1.807) is 29.3 Å². The van der Waals surface area contributed by atoms with Crippen molar-refractivity contribution in [1.29, 1.82) is 0 Å². The van der Waals surface area contributed by atoms with Gasteiger partial charge in [0.05, 0.1) is 5.75 Å². The molecule has 1 aliphatic rings. The molecular formula is C16H14Cl2N2OS. The summed E-state index contributed by atoms with van der Waals surface area (Å²) in [4.78, 5) is 18.5. The van der Waals surface area contributed by atoms with Crippen molar-refractivity contribution in [3.63, 3.8) is 0 Å². The molecule has 2 heterocycles. The van der Waals surface area contributed by atoms with Crippen LogP contribution in [0.5, 0.6) is 0 Å². The van der Waals surface area contributed by atoms with Crippen molar-refractivity contribution in [3.05, 3.63) is 57.2 Å². The molecular weight excluding hydrogens is 339 g/mol. The predicted molar refractivity (Wildman–Crippen MR) is 92.9 cm³/mol. The van der Waals surface area contributed by atoms with Crippen LogP contribution >= 0.6 is 35.0 Å². The number of hydrogen-bond acceptors (Lipinski definition) is 3. The molecule has 1 fully saturated rings. The Morgan fingerprint density at radius 1 is 1.27 bits per heavy atom. The highest BCUT2D eigenvalue weighted by molar-refractivity contribution is 8.00. The molecule has 1 aromatic heterocycles. The summed E-state index contributed by atoms with van der Waals surface area (Å²) in [7, 11) is 0. The van der Waals surface area contributed by atoms with Crippen molar-refractivity contribution < 1.29 is 4.79 Å². The molecule has 0 aliphatic carbocycles. The fourth-order valence-corrected chi connectivity index (χ4v) is 4.53. The van der Waals surface area contributed by atoms with Crippen LogP contribution in [0.25, 0.3) is 0 Å². The number of aromatic nitrogens is 1. The van der Waals surface area contributed by atoms with Crippen LogP contribution in [-0.4, -0.2) is 16.6 Å². The third-order valence-corrected chi connectivity index (χ3v) is 5.37. The van der Waals surface area contributed by atoms with Gasteiger partial charge in [-0.25, -0.2) is 4.98 Å². The van der Waals surface area contributed by atoms with Crippen molar-refractivity contribution >= 4 is 46.7 Å². The largest absolute Gasteiger partial charge is 0.279 e. The summed E-state index contributed by atoms with van der Waals surface area (Å²) < 4.78 is 0. The Hall–Kier alpha value is -1.23. The number of carbonyl (C=O) groups excluding carboxylic acids is 1. The molecule has 3 nitrogen and oxygen atoms in total. The van der Waals surface area contributed by atoms with Gasteiger partial charge in [-0.2, -0.15) is 0 Å². The molecule has 0 N–H and O–H groups in total. The Balaban J connectivity index is 2.10. The Labute approximate surface area is 143 Å². The lowest BCUT2D eigenvalue weighted by atomic mass is 10.1. The van der Waals surface area contributed by atoms with Gasteiger partial charge < -0.3 is 0 Å². The molecule has 0 radical (unpaired) electrons. The normalized spacial score (nSPS) is 18.1. The molecule has 22 heavy (non-hydrogen) atoms. The van der Waals surface area contributed by atoms with E-state index in [2.05, 4.69) is 4.98 Å². The summed E-state index contributed by atoms with van der Waals surface area (Å²) in [6, 6.07) is 7.40. The van der Waals surface area contributed by atoms with Crippen LogP contribution in [0, 0.1) is 13.8 Å². The van der Waals surface area contributed by atoms with Crippen molar-refractivity contribution in [2.24, 2.45) is 0 Å². The molecule has 6 heteroatoms. The molecule has 1 unspecified atom stereocenters. The van der Waals surface area contributed by atoms with Crippen LogP contribution in [-0.2, 0) is 4.79 Å². The van der Waals surface area contributed by atoms with Gasteiger partial charge in [0.25, 0.3) is 0 Å². The SMILES string of the molecule is Cc1cnc(N2C(=O)CSC2c2c(Cl)cccc2Cl)c(C)c1. The molecule has 0 saturated carbocycles. The average molecular weight is 353 g/mol. The van der Waals surface area contributed by atoms with Crippen molar-refractivity contribution in [2.75, 3.05) is 10.7 Å². The molecule has 114 valence electrons. The van der Waals surface area contributed by atoms with Gasteiger partial charge in [0, 0.05) is 21.8 Å². The van der Waals surface area contributed by atoms with Gasteiger partial charge in [0.2, 0.25) is 5.91 Å². The number of halogens is 2. The standard InChI is InChI=1S/C16H14Cl2N2OS/c1-9-6-10(2)15(19-7-9)20-13(21)8-22-16(20)14-11(17)4-3-5-12(14)18/h3-7,16H,8H2,1-2H3. The summed E-state index contributed by atoms with van der Waals surface area (Å²) in [5, 5.41) is 0.881. The quantitative estimate of drug-likeness (QED) is 0.779. The molecule has 0 bridgehead atoms. The lowest BCUT2D eigenvalue weighted by Crippen LogP contribution is -2.29. The van der Waals surface area contributed by atoms with Gasteiger partial charge in [-0.3, -0.25) is 9.69 Å². The molecule has 1 saturated heterocycles. The lowest BCUT2D eigenvalue weighted by Gasteiger charge is -2.26. The van der Waals surface area contributed by atoms with E-state index in [0.717, 1.165) is 16.7 Å². The molecule has 1 aliphatic heterocycles. The molecule has 1 aromatic carbocycles. The lowest BCUT2D eigenvalue weighted by molar-refractivity contribution is -0.115. The van der Waals surface area contributed by atoms with E-state index in [1.807, 2.05) is 19.9 Å². The van der Waals surface area contributed by atoms with Gasteiger partial charge in [-0.1, -0.05) is 35.3 Å². The van der Waals surface area contributed by atoms with Gasteiger partial charge in [0.1, 0.15) is 11.2 Å². The maximum absolute atomic E-state index is 12.4. The number of amides is 1. The zero-order valence-electron chi connectivity index (χ0n) is 12.1. The maximum Gasteiger partial charge on any atom is 0.239 e. The summed E-state index contributed by atoms with van der Waals surface area (Å²) in [6.07, 6.45) is 1.77. The minimum absolute atomic E-state index is 0.0189. The van der Waals surface area contributed by atoms with Crippen molar-refractivity contribution in [3.8, 4) is 0 Å². The van der Waals surface area contributed by atoms with Crippen LogP contribution in [0.4, 0.5) is 5.82 Å². The Morgan fingerprint density at radius 3 is 2.59 bits per heavy atom. The second kappa shape index (κ2) is 6.11. The monoisotopic (exact) mass is 352 g/mol. The second-order valence-electron chi connectivity index (χ2n) is 5.22. The van der Waals surface area contributed by atoms with Gasteiger partial charge in [0.15, 0.2) is 0 Å². The van der Waals surface area contributed by atoms with Crippen LogP contribution in [0.2, 0.25) is 10.0 Å². The second-order valence-corrected chi connectivity index (χ2v) is 7.10. The first-order chi connectivity index (χ1) is 10.5. The minimum Gasteiger partial charge on any atom is -0.279 e. The van der Waals surface area contributed by atoms with Gasteiger partial charge in [-0.15, -0.1) is 11.8 Å². The van der Waals surface area contributed by atoms with E-state index < -0.39 is 0 Å². The Morgan fingerprint density at radius 2 is 1.95 bits per heavy atom. The maximum atomic E-state index is 12.4. The number of aryl methyl sites for hydroxylation is 2. The zero-order chi connectivity index (χ0) is 15.9. The van der Waals surface area contributed by atoms with E-state index in [9.17, 15) is 4.79 Å². The number of thioether (sulfide) groups is 1. The molecule has 0 spiro atoms. The summed E-state index contributed by atoms with van der Waals surface area (Å²) in [5.41, 5.74) is 2.79. The number of pyridine rings is 1. The van der Waals surface area contributed by atoms with Crippen LogP contribution < -0.4 is 4.90 Å². The number of rotatable bonds is 2. The van der Waals surface area contributed by atoms with Crippen LogP contribution in [0.3, 0.4) is 0 Å². The van der Waals surface area contributed by atoms with E-state index >= 15 is 0 Å². The van der Waals surface area contributed by atoms with Crippen molar-refractivity contribution in [2.45, 2.75) is 19.2 Å². The molecule has 1 atom stereocenters. The number of carbonyl (C=O) groups is 1. The van der Waals surface area contributed by atoms with Crippen LogP contribution in [0.15, 0.2) is 30.5 Å². The smallest absolute Gasteiger partial charge is 0.239 e. The van der Waals surface area contributed by atoms with Crippen molar-refractivity contribution in [1.82, 2.24) is 4.98 Å². The summed E-state index contributed by atoms with van der Waals surface area (Å²) in [5.74, 6) is 1.08. The summed E-state index contributed by atoms with van der Waals surface area (Å²) >= 11 is 14.2. The third kappa shape index (κ3) is 2.71. The van der Waals surface area contributed by atoms with E-state index in [-0.39, 0.29) is 11.3 Å². The number of benzene rings is 1. The average Bonchev–Trinajstić information content (AvgIpc) is 2.81. The first kappa shape index (κ1) is 15.7. The molecule has 2 aromatic rings. The van der Waals surface area contributed by atoms with E-state index in [0.29, 0.717) is 21.6 Å². The number of hydrogen-bond donors (Lipinski definition) is 0. The zero-order valence-corrected chi connectivity index (χ0v) is 14.5. The number of nitrogens with zero attached hydrogens (tertiary/aromatic N) is 2. The Bertz CT molecular complexity index is 731. The predicted octanol–water partition coefficient (Wildman–Crippen LogP) is 4.78.